The summed E-state index contributed by atoms with van der Waals surface area (Å²) in [5.41, 5.74) is 10.6. The highest BCUT2D eigenvalue weighted by Crippen LogP contribution is 2.45. The van der Waals surface area contributed by atoms with E-state index in [-0.39, 0.29) is 5.92 Å². The van der Waals surface area contributed by atoms with Gasteiger partial charge < -0.3 is 13.9 Å². The minimum absolute atomic E-state index is 0.155. The van der Waals surface area contributed by atoms with Crippen LogP contribution in [0.5, 0.6) is 5.75 Å². The molecule has 9 rings (SSSR count). The smallest absolute Gasteiger partial charge is 0.135 e. The maximum atomic E-state index is 6.56. The Bertz CT molecular complexity index is 2530. The van der Waals surface area contributed by atoms with Gasteiger partial charge in [0.2, 0.25) is 0 Å². The van der Waals surface area contributed by atoms with Crippen molar-refractivity contribution in [3.8, 4) is 22.6 Å². The van der Waals surface area contributed by atoms with Gasteiger partial charge in [0, 0.05) is 38.7 Å². The van der Waals surface area contributed by atoms with Crippen LogP contribution in [0.3, 0.4) is 0 Å². The summed E-state index contributed by atoms with van der Waals surface area (Å²) in [5.74, 6) is 2.08. The third-order valence-electron chi connectivity index (χ3n) is 9.51. The Morgan fingerprint density at radius 2 is 1.15 bits per heavy atom. The maximum Gasteiger partial charge on any atom is 0.135 e. The second-order valence-corrected chi connectivity index (χ2v) is 12.1. The summed E-state index contributed by atoms with van der Waals surface area (Å²) in [6.45, 7) is 4.31. The topological polar surface area (TPSA) is 19.1 Å². The van der Waals surface area contributed by atoms with E-state index < -0.39 is 0 Å². The number of aromatic nitrogens is 2. The zero-order valence-corrected chi connectivity index (χ0v) is 25.8. The van der Waals surface area contributed by atoms with Crippen LogP contribution in [0.2, 0.25) is 0 Å². The fraction of sp³-hybridized carbons (Fsp3) is 0.0698. The predicted molar refractivity (Wildman–Crippen MR) is 193 cm³/mol. The van der Waals surface area contributed by atoms with Crippen molar-refractivity contribution in [3.05, 3.63) is 163 Å². The minimum atomic E-state index is 0.155. The summed E-state index contributed by atoms with van der Waals surface area (Å²) in [5, 5.41) is 4.97. The molecule has 0 N–H and O–H groups in total. The lowest BCUT2D eigenvalue weighted by atomic mass is 9.99. The van der Waals surface area contributed by atoms with E-state index in [2.05, 4.69) is 169 Å². The van der Waals surface area contributed by atoms with Crippen molar-refractivity contribution in [2.45, 2.75) is 19.8 Å². The third-order valence-corrected chi connectivity index (χ3v) is 9.51. The molecule has 1 aliphatic heterocycles. The van der Waals surface area contributed by atoms with Gasteiger partial charge >= 0.3 is 0 Å². The summed E-state index contributed by atoms with van der Waals surface area (Å²) >= 11 is 0. The molecule has 0 saturated heterocycles. The number of nitrogens with zero attached hydrogens (tertiary/aromatic N) is 2. The molecule has 0 radical (unpaired) electrons. The van der Waals surface area contributed by atoms with Gasteiger partial charge in [0.1, 0.15) is 11.5 Å². The SMILES string of the molecule is C/C=C\C(=C1\Oc2ccccc2[C@H]1C)n1c2ccccc2c2cc(-c3ccc4c(c3)c3ccccc3n4-c3ccccc3)ccc21. The van der Waals surface area contributed by atoms with Gasteiger partial charge in [0.05, 0.1) is 27.8 Å². The third kappa shape index (κ3) is 3.92. The van der Waals surface area contributed by atoms with Gasteiger partial charge in [0.25, 0.3) is 0 Å². The van der Waals surface area contributed by atoms with Gasteiger partial charge in [-0.05, 0) is 78.7 Å². The van der Waals surface area contributed by atoms with Gasteiger partial charge in [0.15, 0.2) is 0 Å². The summed E-state index contributed by atoms with van der Waals surface area (Å²) in [6.07, 6.45) is 4.30. The number of benzene rings is 6. The molecule has 3 nitrogen and oxygen atoms in total. The van der Waals surface area contributed by atoms with Crippen molar-refractivity contribution in [2.24, 2.45) is 0 Å². The Kier molecular flexibility index (Phi) is 6.01. The van der Waals surface area contributed by atoms with Gasteiger partial charge in [-0.1, -0.05) is 97.9 Å². The van der Waals surface area contributed by atoms with Gasteiger partial charge in [-0.2, -0.15) is 0 Å². The Hall–Kier alpha value is -5.80. The average Bonchev–Trinajstić information content (AvgIpc) is 3.74. The van der Waals surface area contributed by atoms with Crippen molar-refractivity contribution < 1.29 is 4.74 Å². The fourth-order valence-corrected chi connectivity index (χ4v) is 7.40. The first kappa shape index (κ1) is 26.6. The standard InChI is InChI=1S/C43H32N2O/c1-3-13-41(43-28(2)32-16-9-12-21-42(32)46-43)45-38-20-11-8-18-34(38)36-27-30(23-25-40(36)45)29-22-24-39-35(26-29)33-17-7-10-19-37(33)44(39)31-14-5-4-6-15-31/h3-28H,1-2H3/b13-3-,43-41-/t28-/m1/s1. The van der Waals surface area contributed by atoms with Crippen LogP contribution in [-0.2, 0) is 0 Å². The summed E-state index contributed by atoms with van der Waals surface area (Å²) in [4.78, 5) is 0. The number of allylic oxidation sites excluding steroid dienone is 4. The quantitative estimate of drug-likeness (QED) is 0.199. The lowest BCUT2D eigenvalue weighted by Crippen LogP contribution is -2.05. The molecule has 8 aromatic rings. The molecule has 1 aliphatic rings. The zero-order chi connectivity index (χ0) is 30.8. The molecule has 46 heavy (non-hydrogen) atoms. The lowest BCUT2D eigenvalue weighted by Gasteiger charge is -2.15. The van der Waals surface area contributed by atoms with E-state index in [1.54, 1.807) is 0 Å². The molecule has 6 aromatic carbocycles. The van der Waals surface area contributed by atoms with Gasteiger partial charge in [-0.15, -0.1) is 0 Å². The van der Waals surface area contributed by atoms with Crippen molar-refractivity contribution in [2.75, 3.05) is 0 Å². The lowest BCUT2D eigenvalue weighted by molar-refractivity contribution is 0.433. The molecule has 0 saturated carbocycles. The highest BCUT2D eigenvalue weighted by molar-refractivity contribution is 6.13. The second-order valence-electron chi connectivity index (χ2n) is 12.1. The molecule has 1 atom stereocenters. The van der Waals surface area contributed by atoms with Crippen LogP contribution in [0.1, 0.15) is 25.3 Å². The van der Waals surface area contributed by atoms with E-state index in [1.165, 1.54) is 66.0 Å². The number of hydrogen-bond donors (Lipinski definition) is 0. The second kappa shape index (κ2) is 10.4. The Morgan fingerprint density at radius 3 is 1.89 bits per heavy atom. The van der Waals surface area contributed by atoms with Crippen LogP contribution in [0.15, 0.2) is 157 Å². The van der Waals surface area contributed by atoms with Gasteiger partial charge in [-0.25, -0.2) is 0 Å². The maximum absolute atomic E-state index is 6.56. The zero-order valence-electron chi connectivity index (χ0n) is 25.8. The molecule has 0 aliphatic carbocycles. The Morgan fingerprint density at radius 1 is 0.587 bits per heavy atom. The molecule has 0 unspecified atom stereocenters. The highest BCUT2D eigenvalue weighted by Gasteiger charge is 2.29. The number of rotatable bonds is 4. The summed E-state index contributed by atoms with van der Waals surface area (Å²) < 4.78 is 11.3. The van der Waals surface area contributed by atoms with Crippen LogP contribution in [-0.4, -0.2) is 9.13 Å². The number of ether oxygens (including phenoxy) is 1. The molecule has 220 valence electrons. The van der Waals surface area contributed by atoms with Crippen molar-refractivity contribution in [1.29, 1.82) is 0 Å². The predicted octanol–water partition coefficient (Wildman–Crippen LogP) is 11.5. The van der Waals surface area contributed by atoms with Crippen molar-refractivity contribution in [1.82, 2.24) is 9.13 Å². The van der Waals surface area contributed by atoms with E-state index in [9.17, 15) is 0 Å². The first-order valence-electron chi connectivity index (χ1n) is 16.0. The molecule has 2 aromatic heterocycles. The first-order valence-corrected chi connectivity index (χ1v) is 16.0. The van der Waals surface area contributed by atoms with Crippen molar-refractivity contribution >= 4 is 49.3 Å². The minimum Gasteiger partial charge on any atom is -0.459 e. The molecular weight excluding hydrogens is 560 g/mol. The molecule has 3 heteroatoms. The normalized spacial score (nSPS) is 15.7. The first-order chi connectivity index (χ1) is 22.7. The number of hydrogen-bond acceptors (Lipinski definition) is 1. The van der Waals surface area contributed by atoms with E-state index in [4.69, 9.17) is 4.74 Å². The van der Waals surface area contributed by atoms with E-state index in [0.29, 0.717) is 0 Å². The molecule has 0 fully saturated rings. The Balaban J connectivity index is 1.25. The van der Waals surface area contributed by atoms with E-state index >= 15 is 0 Å². The number of para-hydroxylation sites is 4. The molecule has 0 bridgehead atoms. The van der Waals surface area contributed by atoms with Crippen molar-refractivity contribution in [3.63, 3.8) is 0 Å². The molecule has 0 amide bonds. The van der Waals surface area contributed by atoms with Crippen LogP contribution < -0.4 is 4.74 Å². The summed E-state index contributed by atoms with van der Waals surface area (Å²) in [7, 11) is 0. The molecule has 0 spiro atoms. The van der Waals surface area contributed by atoms with Crippen LogP contribution in [0.4, 0.5) is 0 Å². The molecular formula is C43H32N2O. The van der Waals surface area contributed by atoms with E-state index in [1.807, 2.05) is 6.07 Å². The monoisotopic (exact) mass is 592 g/mol. The van der Waals surface area contributed by atoms with Crippen LogP contribution in [0.25, 0.3) is 66.1 Å². The van der Waals surface area contributed by atoms with E-state index in [0.717, 1.165) is 17.2 Å². The fourth-order valence-electron chi connectivity index (χ4n) is 7.40. The average molecular weight is 593 g/mol. The van der Waals surface area contributed by atoms with Crippen LogP contribution in [0, 0.1) is 0 Å². The summed E-state index contributed by atoms with van der Waals surface area (Å²) in [6, 6.07) is 50.2. The number of fused-ring (bicyclic) bond motifs is 7. The Labute approximate surface area is 267 Å². The molecule has 3 heterocycles. The van der Waals surface area contributed by atoms with Crippen LogP contribution >= 0.6 is 0 Å². The largest absolute Gasteiger partial charge is 0.459 e. The van der Waals surface area contributed by atoms with Gasteiger partial charge in [-0.3, -0.25) is 0 Å². The highest BCUT2D eigenvalue weighted by atomic mass is 16.5.